The molecule has 2 aromatic rings. The molecule has 3 rings (SSSR count). The fourth-order valence-corrected chi connectivity index (χ4v) is 3.55. The Morgan fingerprint density at radius 1 is 1.08 bits per heavy atom. The molecule has 1 aliphatic heterocycles. The van der Waals surface area contributed by atoms with Gasteiger partial charge in [-0.2, -0.15) is 0 Å². The fraction of sp³-hybridized carbons (Fsp3) is 0.429. The molecule has 206 valence electrons. The van der Waals surface area contributed by atoms with Crippen LogP contribution in [0.2, 0.25) is 0 Å². The van der Waals surface area contributed by atoms with Gasteiger partial charge in [-0.15, -0.1) is 0 Å². The first kappa shape index (κ1) is 29.2. The van der Waals surface area contributed by atoms with Crippen LogP contribution in [0.3, 0.4) is 0 Å². The summed E-state index contributed by atoms with van der Waals surface area (Å²) in [6.07, 6.45) is 2.57. The van der Waals surface area contributed by atoms with Crippen molar-refractivity contribution in [3.05, 3.63) is 59.2 Å². The van der Waals surface area contributed by atoms with Crippen molar-refractivity contribution in [2.45, 2.75) is 32.8 Å². The number of benzene rings is 2. The molecule has 1 N–H and O–H groups in total. The van der Waals surface area contributed by atoms with E-state index in [0.29, 0.717) is 39.4 Å². The minimum absolute atomic E-state index is 0.161. The van der Waals surface area contributed by atoms with E-state index in [1.165, 1.54) is 13.0 Å². The fourth-order valence-electron chi connectivity index (χ4n) is 3.55. The van der Waals surface area contributed by atoms with Crippen LogP contribution in [-0.2, 0) is 28.5 Å². The molecule has 0 spiro atoms. The highest BCUT2D eigenvalue weighted by Crippen LogP contribution is 2.30. The molecule has 38 heavy (non-hydrogen) atoms. The third kappa shape index (κ3) is 9.20. The van der Waals surface area contributed by atoms with Crippen molar-refractivity contribution in [2.75, 3.05) is 51.5 Å². The van der Waals surface area contributed by atoms with Crippen molar-refractivity contribution in [1.29, 1.82) is 0 Å². The predicted molar refractivity (Wildman–Crippen MR) is 137 cm³/mol. The highest BCUT2D eigenvalue weighted by atomic mass is 19.1. The van der Waals surface area contributed by atoms with Gasteiger partial charge in [-0.1, -0.05) is 0 Å². The van der Waals surface area contributed by atoms with Gasteiger partial charge in [-0.05, 0) is 74.7 Å². The van der Waals surface area contributed by atoms with Crippen molar-refractivity contribution in [2.24, 2.45) is 0 Å². The van der Waals surface area contributed by atoms with E-state index in [0.717, 1.165) is 24.2 Å². The van der Waals surface area contributed by atoms with Crippen molar-refractivity contribution in [1.82, 2.24) is 0 Å². The summed E-state index contributed by atoms with van der Waals surface area (Å²) in [4.78, 5) is 22.9. The standard InChI is InChI=1S/C28H33F2NO7/c1-3-36-28(33)19(2)15-20-16-23(29)27(24(30)17-20)38-22-8-6-21(7-9-22)31-10-12-35-14-13-34-11-4-5-26-25(32)18-37-26/h6-9,15-17,26,31H,3-5,10-14,18H2,1-2H3/b19-15+. The van der Waals surface area contributed by atoms with E-state index >= 15 is 0 Å². The third-order valence-corrected chi connectivity index (χ3v) is 5.56. The van der Waals surface area contributed by atoms with Crippen molar-refractivity contribution in [3.8, 4) is 11.5 Å². The smallest absolute Gasteiger partial charge is 0.333 e. The van der Waals surface area contributed by atoms with E-state index in [9.17, 15) is 18.4 Å². The van der Waals surface area contributed by atoms with E-state index in [1.54, 1.807) is 31.2 Å². The zero-order valence-corrected chi connectivity index (χ0v) is 21.6. The normalized spacial score (nSPS) is 15.2. The monoisotopic (exact) mass is 533 g/mol. The third-order valence-electron chi connectivity index (χ3n) is 5.56. The Balaban J connectivity index is 1.35. The summed E-state index contributed by atoms with van der Waals surface area (Å²) in [7, 11) is 0. The number of anilines is 1. The number of halogens is 2. The average molecular weight is 534 g/mol. The molecule has 0 bridgehead atoms. The van der Waals surface area contributed by atoms with Crippen LogP contribution < -0.4 is 10.1 Å². The Labute approximate surface area is 220 Å². The summed E-state index contributed by atoms with van der Waals surface area (Å²) in [6.45, 7) is 6.16. The second kappa shape index (κ2) is 15.2. The second-order valence-corrected chi connectivity index (χ2v) is 8.55. The summed E-state index contributed by atoms with van der Waals surface area (Å²) in [6, 6.07) is 8.83. The van der Waals surface area contributed by atoms with Gasteiger partial charge < -0.3 is 29.0 Å². The molecule has 8 nitrogen and oxygen atoms in total. The zero-order valence-electron chi connectivity index (χ0n) is 21.6. The zero-order chi connectivity index (χ0) is 27.3. The lowest BCUT2D eigenvalue weighted by Gasteiger charge is -2.24. The van der Waals surface area contributed by atoms with Gasteiger partial charge in [0.05, 0.1) is 26.4 Å². The van der Waals surface area contributed by atoms with Gasteiger partial charge in [0, 0.05) is 24.4 Å². The number of Topliss-reactive ketones (excluding diaryl/α,β-unsaturated/α-hetero) is 1. The number of carbonyl (C=O) groups is 2. The van der Waals surface area contributed by atoms with Gasteiger partial charge in [0.1, 0.15) is 18.5 Å². The van der Waals surface area contributed by atoms with Crippen LogP contribution >= 0.6 is 0 Å². The number of hydrogen-bond donors (Lipinski definition) is 1. The van der Waals surface area contributed by atoms with Gasteiger partial charge in [0.15, 0.2) is 23.2 Å². The second-order valence-electron chi connectivity index (χ2n) is 8.55. The van der Waals surface area contributed by atoms with Crippen LogP contribution in [0.5, 0.6) is 11.5 Å². The first-order valence-corrected chi connectivity index (χ1v) is 12.5. The minimum atomic E-state index is -0.890. The number of carbonyl (C=O) groups excluding carboxylic acids is 2. The number of ketones is 1. The Kier molecular flexibility index (Phi) is 11.7. The molecule has 1 heterocycles. The molecule has 1 saturated heterocycles. The number of ether oxygens (including phenoxy) is 5. The van der Waals surface area contributed by atoms with Gasteiger partial charge in [0.25, 0.3) is 0 Å². The van der Waals surface area contributed by atoms with Crippen LogP contribution in [0, 0.1) is 11.6 Å². The van der Waals surface area contributed by atoms with Crippen LogP contribution in [0.4, 0.5) is 14.5 Å². The number of hydrogen-bond acceptors (Lipinski definition) is 8. The van der Waals surface area contributed by atoms with Crippen molar-refractivity contribution >= 4 is 23.5 Å². The van der Waals surface area contributed by atoms with Gasteiger partial charge in [0.2, 0.25) is 0 Å². The molecule has 0 amide bonds. The maximum absolute atomic E-state index is 14.5. The topological polar surface area (TPSA) is 92.3 Å². The van der Waals surface area contributed by atoms with Crippen LogP contribution in [-0.4, -0.2) is 64.0 Å². The predicted octanol–water partition coefficient (Wildman–Crippen LogP) is 4.92. The van der Waals surface area contributed by atoms with Crippen LogP contribution in [0.1, 0.15) is 32.3 Å². The molecule has 1 aliphatic rings. The molecule has 1 unspecified atom stereocenters. The maximum atomic E-state index is 14.5. The maximum Gasteiger partial charge on any atom is 0.333 e. The summed E-state index contributed by atoms with van der Waals surface area (Å²) in [5.74, 6) is -2.44. The van der Waals surface area contributed by atoms with Crippen LogP contribution in [0.25, 0.3) is 6.08 Å². The van der Waals surface area contributed by atoms with E-state index in [1.807, 2.05) is 0 Å². The number of nitrogens with one attached hydrogen (secondary N) is 1. The summed E-state index contributed by atoms with van der Waals surface area (Å²) in [5.41, 5.74) is 1.20. The number of esters is 1. The summed E-state index contributed by atoms with van der Waals surface area (Å²) in [5, 5.41) is 3.18. The Morgan fingerprint density at radius 2 is 1.76 bits per heavy atom. The lowest BCUT2D eigenvalue weighted by Crippen LogP contribution is -2.40. The molecular formula is C28H33F2NO7. The van der Waals surface area contributed by atoms with Gasteiger partial charge in [-0.25, -0.2) is 13.6 Å². The van der Waals surface area contributed by atoms with Crippen molar-refractivity contribution in [3.63, 3.8) is 0 Å². The lowest BCUT2D eigenvalue weighted by molar-refractivity contribution is -0.155. The summed E-state index contributed by atoms with van der Waals surface area (Å²) < 4.78 is 55.5. The van der Waals surface area contributed by atoms with Crippen molar-refractivity contribution < 1.29 is 42.1 Å². The minimum Gasteiger partial charge on any atom is -0.463 e. The first-order chi connectivity index (χ1) is 18.4. The largest absolute Gasteiger partial charge is 0.463 e. The highest BCUT2D eigenvalue weighted by molar-refractivity contribution is 5.93. The quantitative estimate of drug-likeness (QED) is 0.185. The molecule has 10 heteroatoms. The molecule has 0 saturated carbocycles. The van der Waals surface area contributed by atoms with E-state index in [-0.39, 0.29) is 42.0 Å². The van der Waals surface area contributed by atoms with Gasteiger partial charge in [-0.3, -0.25) is 4.79 Å². The molecule has 0 radical (unpaired) electrons. The molecular weight excluding hydrogens is 500 g/mol. The van der Waals surface area contributed by atoms with Crippen LogP contribution in [0.15, 0.2) is 42.0 Å². The highest BCUT2D eigenvalue weighted by Gasteiger charge is 2.28. The van der Waals surface area contributed by atoms with E-state index in [4.69, 9.17) is 23.7 Å². The Bertz CT molecular complexity index is 1080. The lowest BCUT2D eigenvalue weighted by atomic mass is 10.1. The average Bonchev–Trinajstić information content (AvgIpc) is 2.89. The van der Waals surface area contributed by atoms with E-state index in [2.05, 4.69) is 5.32 Å². The number of rotatable bonds is 16. The Morgan fingerprint density at radius 3 is 2.37 bits per heavy atom. The molecule has 0 aliphatic carbocycles. The van der Waals surface area contributed by atoms with E-state index < -0.39 is 23.4 Å². The molecule has 1 fully saturated rings. The molecule has 1 atom stereocenters. The molecule has 2 aromatic carbocycles. The van der Waals surface area contributed by atoms with Gasteiger partial charge >= 0.3 is 5.97 Å². The summed E-state index contributed by atoms with van der Waals surface area (Å²) >= 11 is 0. The molecule has 0 aromatic heterocycles. The first-order valence-electron chi connectivity index (χ1n) is 12.5. The SMILES string of the molecule is CCOC(=O)/C(C)=C/c1cc(F)c(Oc2ccc(NCCOCCOCCCC3OCC3=O)cc2)c(F)c1. The Hall–Kier alpha value is -3.34.